The smallest absolute Gasteiger partial charge is 0.287 e. The summed E-state index contributed by atoms with van der Waals surface area (Å²) in [5.74, 6) is 1.63. The van der Waals surface area contributed by atoms with Gasteiger partial charge in [-0.2, -0.15) is 0 Å². The minimum absolute atomic E-state index is 0.170. The lowest BCUT2D eigenvalue weighted by Gasteiger charge is -2.09. The molecule has 2 aromatic rings. The highest BCUT2D eigenvalue weighted by atomic mass is 16.5. The molecule has 122 valence electrons. The second kappa shape index (κ2) is 6.87. The first-order chi connectivity index (χ1) is 11.1. The van der Waals surface area contributed by atoms with Crippen molar-refractivity contribution in [1.29, 1.82) is 0 Å². The Hall–Kier alpha value is -2.27. The van der Waals surface area contributed by atoms with Gasteiger partial charge in [-0.15, -0.1) is 0 Å². The van der Waals surface area contributed by atoms with Crippen LogP contribution in [0.2, 0.25) is 0 Å². The van der Waals surface area contributed by atoms with Crippen LogP contribution in [0.4, 0.5) is 0 Å². The maximum absolute atomic E-state index is 12.1. The molecule has 23 heavy (non-hydrogen) atoms. The Morgan fingerprint density at radius 1 is 1.35 bits per heavy atom. The average molecular weight is 314 g/mol. The van der Waals surface area contributed by atoms with Gasteiger partial charge in [-0.25, -0.2) is 0 Å². The number of rotatable bonds is 5. The van der Waals surface area contributed by atoms with Gasteiger partial charge >= 0.3 is 0 Å². The van der Waals surface area contributed by atoms with Crippen molar-refractivity contribution in [3.8, 4) is 5.75 Å². The summed E-state index contributed by atoms with van der Waals surface area (Å²) in [6, 6.07) is 9.70. The molecule has 0 aliphatic carbocycles. The van der Waals surface area contributed by atoms with E-state index in [1.54, 1.807) is 12.1 Å². The molecule has 0 spiro atoms. The predicted molar refractivity (Wildman–Crippen MR) is 87.7 cm³/mol. The average Bonchev–Trinajstić information content (AvgIpc) is 3.17. The molecule has 1 atom stereocenters. The minimum atomic E-state index is -0.170. The van der Waals surface area contributed by atoms with Gasteiger partial charge < -0.3 is 19.8 Å². The summed E-state index contributed by atoms with van der Waals surface area (Å²) in [6.07, 6.45) is 0.953. The number of aryl methyl sites for hydroxylation is 2. The van der Waals surface area contributed by atoms with E-state index >= 15 is 0 Å². The fraction of sp³-hybridized carbons (Fsp3) is 0.389. The summed E-state index contributed by atoms with van der Waals surface area (Å²) in [7, 11) is 0. The van der Waals surface area contributed by atoms with E-state index < -0.39 is 0 Å². The van der Waals surface area contributed by atoms with E-state index in [-0.39, 0.29) is 11.9 Å². The summed E-state index contributed by atoms with van der Waals surface area (Å²) in [4.78, 5) is 12.1. The zero-order chi connectivity index (χ0) is 16.2. The molecular weight excluding hydrogens is 292 g/mol. The molecule has 3 rings (SSSR count). The molecule has 1 fully saturated rings. The van der Waals surface area contributed by atoms with Gasteiger partial charge in [-0.05, 0) is 50.6 Å². The van der Waals surface area contributed by atoms with Gasteiger partial charge in [0.25, 0.3) is 5.91 Å². The summed E-state index contributed by atoms with van der Waals surface area (Å²) in [6.45, 7) is 6.13. The molecule has 2 heterocycles. The lowest BCUT2D eigenvalue weighted by atomic mass is 10.1. The van der Waals surface area contributed by atoms with Crippen LogP contribution in [0, 0.1) is 13.8 Å². The number of furan rings is 1. The van der Waals surface area contributed by atoms with Crippen molar-refractivity contribution in [2.75, 3.05) is 13.1 Å². The zero-order valence-corrected chi connectivity index (χ0v) is 13.5. The molecule has 0 saturated carbocycles. The van der Waals surface area contributed by atoms with Crippen molar-refractivity contribution in [2.24, 2.45) is 0 Å². The number of hydrogen-bond acceptors (Lipinski definition) is 4. The monoisotopic (exact) mass is 314 g/mol. The van der Waals surface area contributed by atoms with Crippen LogP contribution in [-0.4, -0.2) is 25.0 Å². The standard InChI is InChI=1S/C18H22N2O3/c1-12-3-5-16(13(2)9-12)22-11-15-4-6-17(23-15)18(21)20-14-7-8-19-10-14/h3-6,9,14,19H,7-8,10-11H2,1-2H3,(H,20,21). The van der Waals surface area contributed by atoms with E-state index in [4.69, 9.17) is 9.15 Å². The number of ether oxygens (including phenoxy) is 1. The van der Waals surface area contributed by atoms with Crippen LogP contribution in [0.1, 0.15) is 33.9 Å². The molecule has 1 aromatic carbocycles. The van der Waals surface area contributed by atoms with Crippen molar-refractivity contribution in [2.45, 2.75) is 32.9 Å². The SMILES string of the molecule is Cc1ccc(OCc2ccc(C(=O)NC3CCNC3)o2)c(C)c1. The van der Waals surface area contributed by atoms with E-state index in [9.17, 15) is 4.79 Å². The minimum Gasteiger partial charge on any atom is -0.485 e. The lowest BCUT2D eigenvalue weighted by Crippen LogP contribution is -2.35. The molecule has 1 aromatic heterocycles. The predicted octanol–water partition coefficient (Wildman–Crippen LogP) is 2.57. The van der Waals surface area contributed by atoms with Crippen molar-refractivity contribution >= 4 is 5.91 Å². The first-order valence-corrected chi connectivity index (χ1v) is 7.92. The van der Waals surface area contributed by atoms with Crippen molar-refractivity contribution in [3.63, 3.8) is 0 Å². The molecular formula is C18H22N2O3. The topological polar surface area (TPSA) is 63.5 Å². The second-order valence-electron chi connectivity index (χ2n) is 5.99. The number of amides is 1. The maximum Gasteiger partial charge on any atom is 0.287 e. The highest BCUT2D eigenvalue weighted by Gasteiger charge is 2.19. The number of nitrogens with one attached hydrogen (secondary N) is 2. The molecule has 2 N–H and O–H groups in total. The van der Waals surface area contributed by atoms with Gasteiger partial charge in [0.15, 0.2) is 5.76 Å². The van der Waals surface area contributed by atoms with Gasteiger partial charge in [-0.1, -0.05) is 17.7 Å². The van der Waals surface area contributed by atoms with E-state index in [0.717, 1.165) is 30.8 Å². The van der Waals surface area contributed by atoms with Crippen LogP contribution in [0.25, 0.3) is 0 Å². The quantitative estimate of drug-likeness (QED) is 0.890. The third kappa shape index (κ3) is 3.93. The first-order valence-electron chi connectivity index (χ1n) is 7.92. The summed E-state index contributed by atoms with van der Waals surface area (Å²) in [5, 5.41) is 6.18. The van der Waals surface area contributed by atoms with Crippen LogP contribution in [0.5, 0.6) is 5.75 Å². The van der Waals surface area contributed by atoms with E-state index in [0.29, 0.717) is 18.1 Å². The van der Waals surface area contributed by atoms with Crippen molar-refractivity contribution in [3.05, 3.63) is 53.0 Å². The van der Waals surface area contributed by atoms with Crippen LogP contribution in [0.3, 0.4) is 0 Å². The highest BCUT2D eigenvalue weighted by Crippen LogP contribution is 2.20. The normalized spacial score (nSPS) is 17.2. The Labute approximate surface area is 136 Å². The number of carbonyl (C=O) groups excluding carboxylic acids is 1. The third-order valence-electron chi connectivity index (χ3n) is 3.98. The van der Waals surface area contributed by atoms with Gasteiger partial charge in [0.2, 0.25) is 0 Å². The van der Waals surface area contributed by atoms with Gasteiger partial charge in [0.1, 0.15) is 18.1 Å². The highest BCUT2D eigenvalue weighted by molar-refractivity contribution is 5.91. The van der Waals surface area contributed by atoms with E-state index in [1.165, 1.54) is 5.56 Å². The summed E-state index contributed by atoms with van der Waals surface area (Å²) < 4.78 is 11.4. The van der Waals surface area contributed by atoms with E-state index in [1.807, 2.05) is 26.0 Å². The van der Waals surface area contributed by atoms with Gasteiger partial charge in [0.05, 0.1) is 0 Å². The lowest BCUT2D eigenvalue weighted by molar-refractivity contribution is 0.0908. The molecule has 0 bridgehead atoms. The molecule has 0 radical (unpaired) electrons. The molecule has 1 unspecified atom stereocenters. The molecule has 1 amide bonds. The Morgan fingerprint density at radius 3 is 2.96 bits per heavy atom. The molecule has 1 aliphatic rings. The molecule has 1 aliphatic heterocycles. The van der Waals surface area contributed by atoms with Crippen molar-refractivity contribution < 1.29 is 13.9 Å². The number of hydrogen-bond donors (Lipinski definition) is 2. The molecule has 5 nitrogen and oxygen atoms in total. The summed E-state index contributed by atoms with van der Waals surface area (Å²) >= 11 is 0. The molecule has 5 heteroatoms. The Balaban J connectivity index is 1.57. The maximum atomic E-state index is 12.1. The van der Waals surface area contributed by atoms with Gasteiger partial charge in [0, 0.05) is 12.6 Å². The number of benzene rings is 1. The Morgan fingerprint density at radius 2 is 2.22 bits per heavy atom. The first kappa shape index (κ1) is 15.6. The largest absolute Gasteiger partial charge is 0.485 e. The van der Waals surface area contributed by atoms with Crippen molar-refractivity contribution in [1.82, 2.24) is 10.6 Å². The summed E-state index contributed by atoms with van der Waals surface area (Å²) in [5.41, 5.74) is 2.29. The van der Waals surface area contributed by atoms with Crippen LogP contribution < -0.4 is 15.4 Å². The number of carbonyl (C=O) groups is 1. The van der Waals surface area contributed by atoms with Crippen LogP contribution in [-0.2, 0) is 6.61 Å². The Kier molecular flexibility index (Phi) is 4.67. The Bertz CT molecular complexity index is 687. The molecule has 1 saturated heterocycles. The fourth-order valence-electron chi connectivity index (χ4n) is 2.72. The second-order valence-corrected chi connectivity index (χ2v) is 5.99. The fourth-order valence-corrected chi connectivity index (χ4v) is 2.72. The van der Waals surface area contributed by atoms with Crippen LogP contribution >= 0.6 is 0 Å². The third-order valence-corrected chi connectivity index (χ3v) is 3.98. The van der Waals surface area contributed by atoms with Gasteiger partial charge in [-0.3, -0.25) is 4.79 Å². The van der Waals surface area contributed by atoms with E-state index in [2.05, 4.69) is 16.7 Å². The zero-order valence-electron chi connectivity index (χ0n) is 13.5. The van der Waals surface area contributed by atoms with Crippen LogP contribution in [0.15, 0.2) is 34.7 Å².